The van der Waals surface area contributed by atoms with Crippen LogP contribution in [0, 0.1) is 0 Å². The molecular formula is C15H23N7O4S. The molecule has 0 aliphatic carbocycles. The van der Waals surface area contributed by atoms with E-state index in [-0.39, 0.29) is 24.2 Å². The minimum absolute atomic E-state index is 0.190. The van der Waals surface area contributed by atoms with Crippen molar-refractivity contribution < 1.29 is 17.9 Å². The lowest BCUT2D eigenvalue weighted by molar-refractivity contribution is 0.0931. The number of nitrogens with one attached hydrogen (secondary N) is 2. The second-order valence-corrected chi connectivity index (χ2v) is 8.43. The maximum absolute atomic E-state index is 12.7. The molecule has 2 aromatic rings. The fourth-order valence-electron chi connectivity index (χ4n) is 3.05. The summed E-state index contributed by atoms with van der Waals surface area (Å²) in [5.41, 5.74) is 1.68. The van der Waals surface area contributed by atoms with Gasteiger partial charge in [-0.2, -0.15) is 9.40 Å². The second-order valence-electron chi connectivity index (χ2n) is 6.45. The third-order valence-corrected chi connectivity index (χ3v) is 5.75. The van der Waals surface area contributed by atoms with Gasteiger partial charge in [-0.15, -0.1) is 10.2 Å². The van der Waals surface area contributed by atoms with Crippen LogP contribution in [0.25, 0.3) is 0 Å². The number of aromatic nitrogens is 5. The van der Waals surface area contributed by atoms with E-state index in [0.29, 0.717) is 37.6 Å². The summed E-state index contributed by atoms with van der Waals surface area (Å²) in [5, 5.41) is 17.7. The topological polar surface area (TPSA) is 135 Å². The van der Waals surface area contributed by atoms with Gasteiger partial charge in [0.15, 0.2) is 11.5 Å². The smallest absolute Gasteiger partial charge is 0.272 e. The Labute approximate surface area is 157 Å². The molecule has 1 unspecified atom stereocenters. The van der Waals surface area contributed by atoms with Gasteiger partial charge in [0.05, 0.1) is 31.1 Å². The van der Waals surface area contributed by atoms with Crippen molar-refractivity contribution in [3.05, 3.63) is 29.1 Å². The van der Waals surface area contributed by atoms with Gasteiger partial charge in [0.1, 0.15) is 6.33 Å². The van der Waals surface area contributed by atoms with Crippen molar-refractivity contribution in [2.75, 3.05) is 26.5 Å². The first kappa shape index (κ1) is 19.5. The van der Waals surface area contributed by atoms with Crippen LogP contribution in [0.5, 0.6) is 0 Å². The van der Waals surface area contributed by atoms with Gasteiger partial charge in [-0.1, -0.05) is 0 Å². The fraction of sp³-hybridized carbons (Fsp3) is 0.600. The van der Waals surface area contributed by atoms with Crippen LogP contribution >= 0.6 is 0 Å². The first-order valence-electron chi connectivity index (χ1n) is 8.50. The Balaban J connectivity index is 1.71. The molecule has 1 aliphatic rings. The van der Waals surface area contributed by atoms with Crippen LogP contribution < -0.4 is 5.32 Å². The van der Waals surface area contributed by atoms with E-state index in [9.17, 15) is 13.2 Å². The van der Waals surface area contributed by atoms with E-state index in [2.05, 4.69) is 25.7 Å². The quantitative estimate of drug-likeness (QED) is 0.640. The Morgan fingerprint density at radius 3 is 2.96 bits per heavy atom. The Kier molecular flexibility index (Phi) is 5.58. The van der Waals surface area contributed by atoms with E-state index in [1.807, 2.05) is 11.5 Å². The summed E-state index contributed by atoms with van der Waals surface area (Å²) in [4.78, 5) is 12.7. The molecule has 12 heteroatoms. The monoisotopic (exact) mass is 397 g/mol. The van der Waals surface area contributed by atoms with Gasteiger partial charge in [-0.05, 0) is 13.3 Å². The number of nitrogens with zero attached hydrogens (tertiary/aromatic N) is 5. The molecule has 2 aromatic heterocycles. The molecule has 0 saturated carbocycles. The number of H-pyrrole nitrogens is 1. The first-order valence-corrected chi connectivity index (χ1v) is 10.3. The lowest BCUT2D eigenvalue weighted by atomic mass is 10.1. The molecule has 0 aromatic carbocycles. The first-order chi connectivity index (χ1) is 12.8. The number of ether oxygens (including phenoxy) is 1. The number of carbonyl (C=O) groups is 1. The molecule has 3 rings (SSSR count). The maximum Gasteiger partial charge on any atom is 0.272 e. The third-order valence-electron chi connectivity index (χ3n) is 4.50. The van der Waals surface area contributed by atoms with Crippen LogP contribution in [0.15, 0.2) is 6.33 Å². The molecule has 3 heterocycles. The summed E-state index contributed by atoms with van der Waals surface area (Å²) in [7, 11) is -1.67. The van der Waals surface area contributed by atoms with Gasteiger partial charge in [0.2, 0.25) is 10.0 Å². The number of sulfonamides is 1. The van der Waals surface area contributed by atoms with E-state index < -0.39 is 10.0 Å². The predicted molar refractivity (Wildman–Crippen MR) is 95.3 cm³/mol. The van der Waals surface area contributed by atoms with Crippen molar-refractivity contribution in [1.29, 1.82) is 0 Å². The van der Waals surface area contributed by atoms with Crippen molar-refractivity contribution in [2.24, 2.45) is 0 Å². The number of hydrogen-bond donors (Lipinski definition) is 2. The normalized spacial score (nSPS) is 16.1. The summed E-state index contributed by atoms with van der Waals surface area (Å²) < 4.78 is 31.7. The molecule has 0 radical (unpaired) electrons. The van der Waals surface area contributed by atoms with Gasteiger partial charge in [0.25, 0.3) is 5.91 Å². The molecule has 148 valence electrons. The average Bonchev–Trinajstić information content (AvgIpc) is 3.25. The molecule has 0 fully saturated rings. The largest absolute Gasteiger partial charge is 0.383 e. The zero-order valence-electron chi connectivity index (χ0n) is 15.5. The number of hydrogen-bond acceptors (Lipinski definition) is 7. The van der Waals surface area contributed by atoms with Crippen molar-refractivity contribution in [2.45, 2.75) is 32.5 Å². The number of amides is 1. The SMILES string of the molecule is COCCn1cnnc1C(C)NC(=O)c1n[nH]c2c1CCN(S(C)(=O)=O)C2. The van der Waals surface area contributed by atoms with Gasteiger partial charge >= 0.3 is 0 Å². The van der Waals surface area contributed by atoms with Crippen LogP contribution in [-0.4, -0.2) is 70.1 Å². The molecule has 1 amide bonds. The summed E-state index contributed by atoms with van der Waals surface area (Å²) in [6, 6.07) is -0.375. The molecule has 2 N–H and O–H groups in total. The molecule has 0 saturated heterocycles. The molecule has 27 heavy (non-hydrogen) atoms. The van der Waals surface area contributed by atoms with Crippen LogP contribution in [-0.2, 0) is 34.3 Å². The van der Waals surface area contributed by atoms with E-state index in [1.54, 1.807) is 13.4 Å². The lowest BCUT2D eigenvalue weighted by Crippen LogP contribution is -2.36. The fourth-order valence-corrected chi connectivity index (χ4v) is 3.84. The summed E-state index contributed by atoms with van der Waals surface area (Å²) in [5.74, 6) is 0.280. The van der Waals surface area contributed by atoms with E-state index >= 15 is 0 Å². The van der Waals surface area contributed by atoms with Crippen molar-refractivity contribution in [3.8, 4) is 0 Å². The number of rotatable bonds is 7. The number of carbonyl (C=O) groups excluding carboxylic acids is 1. The number of methoxy groups -OCH3 is 1. The van der Waals surface area contributed by atoms with E-state index in [1.165, 1.54) is 10.6 Å². The summed E-state index contributed by atoms with van der Waals surface area (Å²) >= 11 is 0. The van der Waals surface area contributed by atoms with Crippen molar-refractivity contribution in [3.63, 3.8) is 0 Å². The number of fused-ring (bicyclic) bond motifs is 1. The summed E-state index contributed by atoms with van der Waals surface area (Å²) in [6.45, 7) is 3.42. The zero-order chi connectivity index (χ0) is 19.6. The maximum atomic E-state index is 12.7. The standard InChI is InChI=1S/C15H23N7O4S/c1-10(14-20-16-9-21(14)6-7-26-2)17-15(23)13-11-4-5-22(27(3,24)25)8-12(11)18-19-13/h9-10H,4-8H2,1-3H3,(H,17,23)(H,18,19). The van der Waals surface area contributed by atoms with Gasteiger partial charge in [-0.3, -0.25) is 9.89 Å². The molecule has 1 atom stereocenters. The second kappa shape index (κ2) is 7.74. The Morgan fingerprint density at radius 1 is 1.48 bits per heavy atom. The van der Waals surface area contributed by atoms with Crippen LogP contribution in [0.2, 0.25) is 0 Å². The Morgan fingerprint density at radius 2 is 2.26 bits per heavy atom. The Bertz CT molecular complexity index is 920. The predicted octanol–water partition coefficient (Wildman–Crippen LogP) is -0.544. The van der Waals surface area contributed by atoms with Crippen LogP contribution in [0.3, 0.4) is 0 Å². The average molecular weight is 397 g/mol. The van der Waals surface area contributed by atoms with E-state index in [4.69, 9.17) is 4.74 Å². The van der Waals surface area contributed by atoms with Crippen molar-refractivity contribution >= 4 is 15.9 Å². The molecule has 0 spiro atoms. The van der Waals surface area contributed by atoms with Crippen molar-refractivity contribution in [1.82, 2.24) is 34.6 Å². The molecule has 11 nitrogen and oxygen atoms in total. The summed E-state index contributed by atoms with van der Waals surface area (Å²) in [6.07, 6.45) is 3.19. The number of aromatic amines is 1. The minimum Gasteiger partial charge on any atom is -0.383 e. The molecule has 0 bridgehead atoms. The highest BCUT2D eigenvalue weighted by Crippen LogP contribution is 2.22. The molecular weight excluding hydrogens is 374 g/mol. The zero-order valence-corrected chi connectivity index (χ0v) is 16.3. The van der Waals surface area contributed by atoms with Crippen LogP contribution in [0.1, 0.15) is 40.5 Å². The third kappa shape index (κ3) is 4.17. The highest BCUT2D eigenvalue weighted by Gasteiger charge is 2.29. The van der Waals surface area contributed by atoms with Gasteiger partial charge in [0, 0.05) is 25.8 Å². The van der Waals surface area contributed by atoms with Crippen LogP contribution in [0.4, 0.5) is 0 Å². The highest BCUT2D eigenvalue weighted by atomic mass is 32.2. The minimum atomic E-state index is -3.28. The Hall–Kier alpha value is -2.31. The van der Waals surface area contributed by atoms with Gasteiger partial charge < -0.3 is 14.6 Å². The molecule has 1 aliphatic heterocycles. The van der Waals surface area contributed by atoms with Gasteiger partial charge in [-0.25, -0.2) is 8.42 Å². The highest BCUT2D eigenvalue weighted by molar-refractivity contribution is 7.88. The van der Waals surface area contributed by atoms with E-state index in [0.717, 1.165) is 5.56 Å². The lowest BCUT2D eigenvalue weighted by Gasteiger charge is -2.24.